The molecule has 1 aliphatic heterocycles. The van der Waals surface area contributed by atoms with E-state index in [1.54, 1.807) is 11.9 Å². The summed E-state index contributed by atoms with van der Waals surface area (Å²) in [5.74, 6) is -0.512. The van der Waals surface area contributed by atoms with Gasteiger partial charge in [-0.15, -0.1) is 0 Å². The SMILES string of the molecule is CN(CN1C(=O)CCC1=O)c1ccc(C(F)(F)F)cc1. The molecule has 1 aromatic rings. The van der Waals surface area contributed by atoms with Gasteiger partial charge in [0.2, 0.25) is 11.8 Å². The van der Waals surface area contributed by atoms with Gasteiger partial charge in [-0.1, -0.05) is 0 Å². The van der Waals surface area contributed by atoms with Crippen LogP contribution >= 0.6 is 0 Å². The molecular weight excluding hydrogens is 273 g/mol. The van der Waals surface area contributed by atoms with E-state index in [4.69, 9.17) is 0 Å². The molecule has 1 saturated heterocycles. The molecule has 20 heavy (non-hydrogen) atoms. The van der Waals surface area contributed by atoms with Crippen molar-refractivity contribution in [2.24, 2.45) is 0 Å². The number of carbonyl (C=O) groups is 2. The molecule has 4 nitrogen and oxygen atoms in total. The van der Waals surface area contributed by atoms with Crippen molar-refractivity contribution in [3.63, 3.8) is 0 Å². The van der Waals surface area contributed by atoms with E-state index in [-0.39, 0.29) is 31.3 Å². The number of likely N-dealkylation sites (tertiary alicyclic amines) is 1. The summed E-state index contributed by atoms with van der Waals surface area (Å²) in [5, 5.41) is 0. The first-order valence-electron chi connectivity index (χ1n) is 6.00. The van der Waals surface area contributed by atoms with E-state index in [1.807, 2.05) is 0 Å². The maximum Gasteiger partial charge on any atom is 0.416 e. The number of anilines is 1. The lowest BCUT2D eigenvalue weighted by Gasteiger charge is -2.25. The fraction of sp³-hybridized carbons (Fsp3) is 0.385. The fourth-order valence-corrected chi connectivity index (χ4v) is 1.98. The summed E-state index contributed by atoms with van der Waals surface area (Å²) >= 11 is 0. The third-order valence-corrected chi connectivity index (χ3v) is 3.14. The first-order valence-corrected chi connectivity index (χ1v) is 6.00. The van der Waals surface area contributed by atoms with Crippen molar-refractivity contribution < 1.29 is 22.8 Å². The Morgan fingerprint density at radius 3 is 2.05 bits per heavy atom. The molecule has 0 radical (unpaired) electrons. The molecule has 0 N–H and O–H groups in total. The highest BCUT2D eigenvalue weighted by molar-refractivity contribution is 6.02. The third kappa shape index (κ3) is 2.92. The molecule has 7 heteroatoms. The Balaban J connectivity index is 2.08. The molecule has 2 amide bonds. The van der Waals surface area contributed by atoms with E-state index in [1.165, 1.54) is 12.1 Å². The number of nitrogens with zero attached hydrogens (tertiary/aromatic N) is 2. The van der Waals surface area contributed by atoms with Gasteiger partial charge in [-0.3, -0.25) is 14.5 Å². The molecule has 1 heterocycles. The highest BCUT2D eigenvalue weighted by atomic mass is 19.4. The molecule has 0 aromatic heterocycles. The van der Waals surface area contributed by atoms with Crippen molar-refractivity contribution in [3.05, 3.63) is 29.8 Å². The molecule has 1 aromatic carbocycles. The van der Waals surface area contributed by atoms with Gasteiger partial charge < -0.3 is 4.90 Å². The molecule has 0 aliphatic carbocycles. The molecule has 108 valence electrons. The number of amides is 2. The van der Waals surface area contributed by atoms with Gasteiger partial charge in [0.15, 0.2) is 0 Å². The average molecular weight is 286 g/mol. The zero-order chi connectivity index (χ0) is 14.9. The molecule has 1 aliphatic rings. The van der Waals surface area contributed by atoms with Crippen LogP contribution < -0.4 is 4.90 Å². The number of hydrogen-bond acceptors (Lipinski definition) is 3. The predicted octanol–water partition coefficient (Wildman–Crippen LogP) is 2.25. The van der Waals surface area contributed by atoms with Crippen LogP contribution in [-0.4, -0.2) is 30.4 Å². The standard InChI is InChI=1S/C13H13F3N2O2/c1-17(8-18-11(19)6-7-12(18)20)10-4-2-9(3-5-10)13(14,15)16/h2-5H,6-8H2,1H3. The second-order valence-corrected chi connectivity index (χ2v) is 4.60. The third-order valence-electron chi connectivity index (χ3n) is 3.14. The summed E-state index contributed by atoms with van der Waals surface area (Å²) in [6, 6.07) is 4.57. The molecule has 0 unspecified atom stereocenters. The Bertz CT molecular complexity index is 509. The van der Waals surface area contributed by atoms with Crippen LogP contribution in [0.25, 0.3) is 0 Å². The van der Waals surface area contributed by atoms with Gasteiger partial charge >= 0.3 is 6.18 Å². The van der Waals surface area contributed by atoms with E-state index in [2.05, 4.69) is 0 Å². The van der Waals surface area contributed by atoms with Crippen molar-refractivity contribution in [1.82, 2.24) is 4.90 Å². The maximum absolute atomic E-state index is 12.4. The topological polar surface area (TPSA) is 40.6 Å². The normalized spacial score (nSPS) is 15.9. The van der Waals surface area contributed by atoms with E-state index in [9.17, 15) is 22.8 Å². The van der Waals surface area contributed by atoms with Crippen molar-refractivity contribution in [2.45, 2.75) is 19.0 Å². The lowest BCUT2D eigenvalue weighted by atomic mass is 10.2. The quantitative estimate of drug-likeness (QED) is 0.800. The van der Waals surface area contributed by atoms with Crippen molar-refractivity contribution in [1.29, 1.82) is 0 Å². The van der Waals surface area contributed by atoms with E-state index >= 15 is 0 Å². The Morgan fingerprint density at radius 2 is 1.60 bits per heavy atom. The van der Waals surface area contributed by atoms with Crippen LogP contribution in [-0.2, 0) is 15.8 Å². The highest BCUT2D eigenvalue weighted by Crippen LogP contribution is 2.30. The summed E-state index contributed by atoms with van der Waals surface area (Å²) < 4.78 is 37.3. The number of imide groups is 1. The number of hydrogen-bond donors (Lipinski definition) is 0. The van der Waals surface area contributed by atoms with Crippen LogP contribution in [0, 0.1) is 0 Å². The first-order chi connectivity index (χ1) is 9.29. The number of carbonyl (C=O) groups excluding carboxylic acids is 2. The fourth-order valence-electron chi connectivity index (χ4n) is 1.98. The van der Waals surface area contributed by atoms with Crippen LogP contribution in [0.15, 0.2) is 24.3 Å². The maximum atomic E-state index is 12.4. The van der Waals surface area contributed by atoms with Crippen molar-refractivity contribution >= 4 is 17.5 Å². The van der Waals surface area contributed by atoms with Gasteiger partial charge in [-0.05, 0) is 24.3 Å². The van der Waals surface area contributed by atoms with Crippen LogP contribution in [0.1, 0.15) is 18.4 Å². The molecular formula is C13H13F3N2O2. The number of halogens is 3. The molecule has 0 spiro atoms. The summed E-state index contributed by atoms with van der Waals surface area (Å²) in [5.41, 5.74) is -0.228. The molecule has 0 bridgehead atoms. The van der Waals surface area contributed by atoms with Gasteiger partial charge in [-0.25, -0.2) is 0 Å². The smallest absolute Gasteiger partial charge is 0.356 e. The Labute approximate surface area is 113 Å². The van der Waals surface area contributed by atoms with Gasteiger partial charge in [0, 0.05) is 25.6 Å². The minimum absolute atomic E-state index is 0.0447. The lowest BCUT2D eigenvalue weighted by Crippen LogP contribution is -2.39. The second kappa shape index (κ2) is 5.15. The minimum atomic E-state index is -4.38. The monoisotopic (exact) mass is 286 g/mol. The number of benzene rings is 1. The Morgan fingerprint density at radius 1 is 1.10 bits per heavy atom. The van der Waals surface area contributed by atoms with Gasteiger partial charge in [0.1, 0.15) is 6.67 Å². The van der Waals surface area contributed by atoms with Crippen molar-refractivity contribution in [3.8, 4) is 0 Å². The van der Waals surface area contributed by atoms with Crippen LogP contribution in [0.4, 0.5) is 18.9 Å². The van der Waals surface area contributed by atoms with E-state index in [0.29, 0.717) is 5.69 Å². The van der Waals surface area contributed by atoms with E-state index in [0.717, 1.165) is 17.0 Å². The lowest BCUT2D eigenvalue weighted by molar-refractivity contribution is -0.139. The van der Waals surface area contributed by atoms with Crippen LogP contribution in [0.5, 0.6) is 0 Å². The molecule has 1 fully saturated rings. The summed E-state index contributed by atoms with van der Waals surface area (Å²) in [6.45, 7) is 0.0447. The predicted molar refractivity (Wildman–Crippen MR) is 65.8 cm³/mol. The minimum Gasteiger partial charge on any atom is -0.356 e. The summed E-state index contributed by atoms with van der Waals surface area (Å²) in [7, 11) is 1.61. The van der Waals surface area contributed by atoms with Gasteiger partial charge in [0.05, 0.1) is 5.56 Å². The highest BCUT2D eigenvalue weighted by Gasteiger charge is 2.31. The average Bonchev–Trinajstić information content (AvgIpc) is 2.69. The zero-order valence-corrected chi connectivity index (χ0v) is 10.8. The number of alkyl halides is 3. The molecule has 0 saturated carbocycles. The summed E-state index contributed by atoms with van der Waals surface area (Å²) in [4.78, 5) is 25.6. The van der Waals surface area contributed by atoms with Crippen LogP contribution in [0.2, 0.25) is 0 Å². The van der Waals surface area contributed by atoms with Crippen LogP contribution in [0.3, 0.4) is 0 Å². The Kier molecular flexibility index (Phi) is 3.69. The summed E-state index contributed by atoms with van der Waals surface area (Å²) in [6.07, 6.45) is -3.99. The number of rotatable bonds is 3. The molecule has 2 rings (SSSR count). The van der Waals surface area contributed by atoms with Gasteiger partial charge in [-0.2, -0.15) is 13.2 Å². The first kappa shape index (κ1) is 14.4. The van der Waals surface area contributed by atoms with E-state index < -0.39 is 11.7 Å². The van der Waals surface area contributed by atoms with Crippen molar-refractivity contribution in [2.75, 3.05) is 18.6 Å². The van der Waals surface area contributed by atoms with Gasteiger partial charge in [0.25, 0.3) is 0 Å². The second-order valence-electron chi connectivity index (χ2n) is 4.60. The zero-order valence-electron chi connectivity index (χ0n) is 10.8. The largest absolute Gasteiger partial charge is 0.416 e. The molecule has 0 atom stereocenters. The Hall–Kier alpha value is -2.05.